The Morgan fingerprint density at radius 2 is 2.30 bits per heavy atom. The number of hydrogen-bond donors (Lipinski definition) is 1. The Balaban J connectivity index is 2.10. The summed E-state index contributed by atoms with van der Waals surface area (Å²) in [5.41, 5.74) is 1.21. The van der Waals surface area contributed by atoms with Gasteiger partial charge < -0.3 is 14.7 Å². The van der Waals surface area contributed by atoms with Gasteiger partial charge in [-0.15, -0.1) is 11.3 Å². The fourth-order valence-corrected chi connectivity index (χ4v) is 3.32. The Labute approximate surface area is 122 Å². The molecule has 1 saturated heterocycles. The number of carboxylic acids is 1. The van der Waals surface area contributed by atoms with Crippen molar-refractivity contribution >= 4 is 23.2 Å². The molecule has 2 heterocycles. The van der Waals surface area contributed by atoms with Crippen LogP contribution >= 0.6 is 11.3 Å². The van der Waals surface area contributed by atoms with Crippen LogP contribution in [0.5, 0.6) is 0 Å². The molecule has 20 heavy (non-hydrogen) atoms. The van der Waals surface area contributed by atoms with Gasteiger partial charge in [0, 0.05) is 11.4 Å². The summed E-state index contributed by atoms with van der Waals surface area (Å²) < 4.78 is 5.13. The third-order valence-corrected chi connectivity index (χ3v) is 4.46. The Morgan fingerprint density at radius 3 is 2.95 bits per heavy atom. The number of ether oxygens (including phenoxy) is 1. The summed E-state index contributed by atoms with van der Waals surface area (Å²) >= 11 is 1.49. The zero-order chi connectivity index (χ0) is 14.7. The second kappa shape index (κ2) is 6.37. The number of carboxylic acid groups (broad SMARTS) is 1. The van der Waals surface area contributed by atoms with E-state index in [4.69, 9.17) is 9.84 Å². The van der Waals surface area contributed by atoms with Crippen LogP contribution < -0.4 is 0 Å². The molecule has 0 saturated carbocycles. The van der Waals surface area contributed by atoms with Gasteiger partial charge in [0.15, 0.2) is 6.10 Å². The quantitative estimate of drug-likeness (QED) is 0.922. The molecule has 1 N–H and O–H groups in total. The van der Waals surface area contributed by atoms with Crippen LogP contribution in [0.3, 0.4) is 0 Å². The molecular formula is C14H19NO4S. The highest BCUT2D eigenvalue weighted by Crippen LogP contribution is 2.24. The minimum absolute atomic E-state index is 0.0880. The van der Waals surface area contributed by atoms with Crippen LogP contribution in [0.2, 0.25) is 0 Å². The molecule has 110 valence electrons. The molecule has 1 fully saturated rings. The van der Waals surface area contributed by atoms with Crippen LogP contribution in [-0.2, 0) is 16.0 Å². The summed E-state index contributed by atoms with van der Waals surface area (Å²) in [4.78, 5) is 26.8. The van der Waals surface area contributed by atoms with Gasteiger partial charge in [0.1, 0.15) is 0 Å². The summed E-state index contributed by atoms with van der Waals surface area (Å²) in [6.45, 7) is 4.97. The van der Waals surface area contributed by atoms with Gasteiger partial charge in [0.25, 0.3) is 5.91 Å². The van der Waals surface area contributed by atoms with Crippen molar-refractivity contribution in [1.82, 2.24) is 4.90 Å². The maximum absolute atomic E-state index is 12.4. The first-order valence-electron chi connectivity index (χ1n) is 6.76. The third-order valence-electron chi connectivity index (χ3n) is 3.38. The first-order valence-corrected chi connectivity index (χ1v) is 7.57. The highest BCUT2D eigenvalue weighted by atomic mass is 32.1. The molecule has 2 rings (SSSR count). The third kappa shape index (κ3) is 3.19. The number of carbonyl (C=O) groups excluding carboxylic acids is 1. The van der Waals surface area contributed by atoms with E-state index < -0.39 is 12.1 Å². The lowest BCUT2D eigenvalue weighted by molar-refractivity contribution is -0.154. The van der Waals surface area contributed by atoms with Crippen molar-refractivity contribution in [3.8, 4) is 0 Å². The van der Waals surface area contributed by atoms with Crippen molar-refractivity contribution in [1.29, 1.82) is 0 Å². The van der Waals surface area contributed by atoms with Crippen LogP contribution in [0.4, 0.5) is 0 Å². The van der Waals surface area contributed by atoms with E-state index in [1.54, 1.807) is 4.90 Å². The maximum Gasteiger partial charge on any atom is 0.334 e. The minimum Gasteiger partial charge on any atom is -0.479 e. The first kappa shape index (κ1) is 15.0. The predicted octanol–water partition coefficient (Wildman–Crippen LogP) is 1.93. The Bertz CT molecular complexity index is 511. The molecule has 6 heteroatoms. The number of hydrogen-bond acceptors (Lipinski definition) is 4. The van der Waals surface area contributed by atoms with Gasteiger partial charge in [-0.1, -0.05) is 13.3 Å². The number of morpholine rings is 1. The number of carbonyl (C=O) groups is 2. The molecule has 1 amide bonds. The van der Waals surface area contributed by atoms with Gasteiger partial charge in [0.2, 0.25) is 0 Å². The van der Waals surface area contributed by atoms with Crippen molar-refractivity contribution in [3.05, 3.63) is 21.4 Å². The van der Waals surface area contributed by atoms with Crippen molar-refractivity contribution in [2.45, 2.75) is 32.8 Å². The van der Waals surface area contributed by atoms with E-state index in [0.29, 0.717) is 11.4 Å². The molecule has 1 aromatic heterocycles. The topological polar surface area (TPSA) is 66.8 Å². The van der Waals surface area contributed by atoms with E-state index in [-0.39, 0.29) is 19.1 Å². The van der Waals surface area contributed by atoms with E-state index in [9.17, 15) is 9.59 Å². The standard InChI is InChI=1S/C14H19NO4S/c1-3-4-10-7-12(20-9(10)2)13(16)15-5-6-19-11(8-15)14(17)18/h7,11H,3-6,8H2,1-2H3,(H,17,18)/t11-/m1/s1. The van der Waals surface area contributed by atoms with E-state index >= 15 is 0 Å². The molecule has 1 atom stereocenters. The van der Waals surface area contributed by atoms with Crippen molar-refractivity contribution in [2.75, 3.05) is 19.7 Å². The van der Waals surface area contributed by atoms with Gasteiger partial charge in [-0.05, 0) is 25.0 Å². The van der Waals surface area contributed by atoms with Gasteiger partial charge in [-0.25, -0.2) is 4.79 Å². The lowest BCUT2D eigenvalue weighted by Gasteiger charge is -2.30. The largest absolute Gasteiger partial charge is 0.479 e. The summed E-state index contributed by atoms with van der Waals surface area (Å²) in [6, 6.07) is 1.94. The Morgan fingerprint density at radius 1 is 1.55 bits per heavy atom. The Kier molecular flexibility index (Phi) is 4.77. The molecule has 0 unspecified atom stereocenters. The lowest BCUT2D eigenvalue weighted by Crippen LogP contribution is -2.48. The average Bonchev–Trinajstić information content (AvgIpc) is 2.80. The molecule has 0 bridgehead atoms. The summed E-state index contributed by atoms with van der Waals surface area (Å²) in [6.07, 6.45) is 1.10. The van der Waals surface area contributed by atoms with Gasteiger partial charge in [-0.3, -0.25) is 4.79 Å². The molecule has 0 aromatic carbocycles. The first-order chi connectivity index (χ1) is 9.52. The Hall–Kier alpha value is -1.40. The fourth-order valence-electron chi connectivity index (χ4n) is 2.28. The van der Waals surface area contributed by atoms with E-state index in [1.807, 2.05) is 13.0 Å². The van der Waals surface area contributed by atoms with Crippen molar-refractivity contribution < 1.29 is 19.4 Å². The molecular weight excluding hydrogens is 278 g/mol. The van der Waals surface area contributed by atoms with Gasteiger partial charge in [0.05, 0.1) is 18.0 Å². The highest BCUT2D eigenvalue weighted by molar-refractivity contribution is 7.14. The number of nitrogens with zero attached hydrogens (tertiary/aromatic N) is 1. The smallest absolute Gasteiger partial charge is 0.334 e. The lowest BCUT2D eigenvalue weighted by atomic mass is 10.1. The van der Waals surface area contributed by atoms with Gasteiger partial charge >= 0.3 is 5.97 Å². The average molecular weight is 297 g/mol. The SMILES string of the molecule is CCCc1cc(C(=O)N2CCO[C@@H](C(=O)O)C2)sc1C. The molecule has 0 radical (unpaired) electrons. The molecule has 1 aromatic rings. The zero-order valence-corrected chi connectivity index (χ0v) is 12.5. The van der Waals surface area contributed by atoms with Crippen molar-refractivity contribution in [2.24, 2.45) is 0 Å². The van der Waals surface area contributed by atoms with Gasteiger partial charge in [-0.2, -0.15) is 0 Å². The summed E-state index contributed by atoms with van der Waals surface area (Å²) in [5, 5.41) is 8.97. The molecule has 0 aliphatic carbocycles. The normalized spacial score (nSPS) is 19.1. The molecule has 1 aliphatic rings. The predicted molar refractivity (Wildman–Crippen MR) is 76.3 cm³/mol. The number of aryl methyl sites for hydroxylation is 2. The monoisotopic (exact) mass is 297 g/mol. The summed E-state index contributed by atoms with van der Waals surface area (Å²) in [5.74, 6) is -1.11. The maximum atomic E-state index is 12.4. The number of thiophene rings is 1. The van der Waals surface area contributed by atoms with E-state index in [0.717, 1.165) is 12.8 Å². The van der Waals surface area contributed by atoms with Crippen LogP contribution in [0, 0.1) is 6.92 Å². The second-order valence-electron chi connectivity index (χ2n) is 4.89. The van der Waals surface area contributed by atoms with Crippen LogP contribution in [0.25, 0.3) is 0 Å². The number of rotatable bonds is 4. The number of amides is 1. The second-order valence-corrected chi connectivity index (χ2v) is 6.15. The molecule has 1 aliphatic heterocycles. The fraction of sp³-hybridized carbons (Fsp3) is 0.571. The minimum atomic E-state index is -1.02. The van der Waals surface area contributed by atoms with Crippen molar-refractivity contribution in [3.63, 3.8) is 0 Å². The zero-order valence-electron chi connectivity index (χ0n) is 11.7. The summed E-state index contributed by atoms with van der Waals surface area (Å²) in [7, 11) is 0. The van der Waals surface area contributed by atoms with E-state index in [1.165, 1.54) is 21.8 Å². The molecule has 5 nitrogen and oxygen atoms in total. The number of aliphatic carboxylic acids is 1. The van der Waals surface area contributed by atoms with E-state index in [2.05, 4.69) is 6.92 Å². The van der Waals surface area contributed by atoms with Crippen LogP contribution in [0.15, 0.2) is 6.07 Å². The molecule has 0 spiro atoms. The highest BCUT2D eigenvalue weighted by Gasteiger charge is 2.30. The van der Waals surface area contributed by atoms with Crippen LogP contribution in [-0.4, -0.2) is 47.7 Å². The van der Waals surface area contributed by atoms with Crippen LogP contribution in [0.1, 0.15) is 33.5 Å².